The van der Waals surface area contributed by atoms with Crippen LogP contribution in [0.5, 0.6) is 0 Å². The van der Waals surface area contributed by atoms with Gasteiger partial charge in [0.15, 0.2) is 0 Å². The van der Waals surface area contributed by atoms with Gasteiger partial charge in [0.1, 0.15) is 5.72 Å². The van der Waals surface area contributed by atoms with E-state index in [1.807, 2.05) is 0 Å². The molecule has 0 aromatic carbocycles. The molecule has 0 aliphatic carbocycles. The monoisotopic (exact) mass is 178 g/mol. The summed E-state index contributed by atoms with van der Waals surface area (Å²) in [6.45, 7) is 5.04. The minimum Gasteiger partial charge on any atom is -0.761 e. The third-order valence-corrected chi connectivity index (χ3v) is 1.35. The first kappa shape index (κ1) is 11.8. The summed E-state index contributed by atoms with van der Waals surface area (Å²) in [5.74, 6) is 4.97. The van der Waals surface area contributed by atoms with Crippen molar-refractivity contribution in [3.8, 4) is 0 Å². The molecule has 0 aliphatic rings. The van der Waals surface area contributed by atoms with Gasteiger partial charge >= 0.3 is 0 Å². The van der Waals surface area contributed by atoms with Gasteiger partial charge in [0.05, 0.1) is 13.3 Å². The molecule has 6 nitrogen and oxygen atoms in total. The van der Waals surface area contributed by atoms with Gasteiger partial charge in [0, 0.05) is 0 Å². The van der Waals surface area contributed by atoms with Gasteiger partial charge in [-0.1, -0.05) is 0 Å². The number of nitrogens with one attached hydrogen (secondary N) is 1. The van der Waals surface area contributed by atoms with Crippen molar-refractivity contribution < 1.29 is 9.68 Å². The predicted molar refractivity (Wildman–Crippen MR) is 44.2 cm³/mol. The van der Waals surface area contributed by atoms with Crippen molar-refractivity contribution in [2.45, 2.75) is 32.7 Å². The quantitative estimate of drug-likeness (QED) is 0.452. The molecule has 1 atom stereocenters. The van der Waals surface area contributed by atoms with E-state index in [0.717, 1.165) is 0 Å². The minimum absolute atomic E-state index is 0.417. The number of nitrogens with zero attached hydrogens (tertiary/aromatic N) is 1. The van der Waals surface area contributed by atoms with Crippen LogP contribution in [0.1, 0.15) is 20.8 Å². The fraction of sp³-hybridized carbons (Fsp3) is 1.00. The van der Waals surface area contributed by atoms with Gasteiger partial charge in [-0.3, -0.25) is 10.2 Å². The number of hydroxylamine groups is 2. The second-order valence-corrected chi connectivity index (χ2v) is 2.92. The van der Waals surface area contributed by atoms with Crippen molar-refractivity contribution in [1.29, 1.82) is 0 Å². The third kappa shape index (κ3) is 3.96. The number of rotatable bonds is 5. The Labute approximate surface area is 72.1 Å². The van der Waals surface area contributed by atoms with Gasteiger partial charge in [0.2, 0.25) is 0 Å². The largest absolute Gasteiger partial charge is 0.761 e. The number of hydrogen-bond acceptors (Lipinski definition) is 6. The molecule has 0 saturated heterocycles. The van der Waals surface area contributed by atoms with E-state index in [1.165, 1.54) is 7.11 Å². The van der Waals surface area contributed by atoms with E-state index >= 15 is 0 Å². The summed E-state index contributed by atoms with van der Waals surface area (Å²) in [5.41, 5.74) is -0.749. The lowest BCUT2D eigenvalue weighted by Gasteiger charge is -2.37. The minimum atomic E-state index is -0.749. The molecule has 12 heavy (non-hydrogen) atoms. The molecule has 0 aliphatic heterocycles. The molecular formula is C6H16N3O3-. The maximum Gasteiger partial charge on any atom is 0.135 e. The highest BCUT2D eigenvalue weighted by molar-refractivity contribution is 4.68. The van der Waals surface area contributed by atoms with Crippen LogP contribution in [-0.2, 0) is 9.68 Å². The Balaban J connectivity index is 3.90. The van der Waals surface area contributed by atoms with Gasteiger partial charge in [-0.05, 0) is 20.8 Å². The van der Waals surface area contributed by atoms with E-state index in [4.69, 9.17) is 5.90 Å². The van der Waals surface area contributed by atoms with Gasteiger partial charge in [-0.2, -0.15) is 0 Å². The summed E-state index contributed by atoms with van der Waals surface area (Å²) in [4.78, 5) is 8.99. The van der Waals surface area contributed by atoms with E-state index in [2.05, 4.69) is 15.0 Å². The van der Waals surface area contributed by atoms with E-state index in [0.29, 0.717) is 5.23 Å². The van der Waals surface area contributed by atoms with Crippen LogP contribution in [0.2, 0.25) is 0 Å². The highest BCUT2D eigenvalue weighted by atomic mass is 16.9. The van der Waals surface area contributed by atoms with E-state index < -0.39 is 11.9 Å². The zero-order chi connectivity index (χ0) is 9.78. The molecular weight excluding hydrogens is 162 g/mol. The molecule has 0 radical (unpaired) electrons. The molecule has 0 heterocycles. The first-order valence-corrected chi connectivity index (χ1v) is 3.59. The first-order chi connectivity index (χ1) is 5.43. The summed E-state index contributed by atoms with van der Waals surface area (Å²) in [6, 6.07) is 0. The van der Waals surface area contributed by atoms with Gasteiger partial charge in [-0.25, -0.2) is 11.1 Å². The lowest BCUT2D eigenvalue weighted by Crippen LogP contribution is -2.53. The molecule has 0 spiro atoms. The Bertz CT molecular complexity index is 131. The van der Waals surface area contributed by atoms with Crippen LogP contribution in [0, 0.1) is 5.21 Å². The zero-order valence-electron chi connectivity index (χ0n) is 7.83. The van der Waals surface area contributed by atoms with Gasteiger partial charge in [-0.15, -0.1) is 0 Å². The summed E-state index contributed by atoms with van der Waals surface area (Å²) >= 11 is 0. The molecule has 3 N–H and O–H groups in total. The molecule has 6 heteroatoms. The van der Waals surface area contributed by atoms with Crippen LogP contribution in [-0.4, -0.2) is 24.2 Å². The number of nitrogens with two attached hydrogens (primary N) is 1. The molecule has 0 aromatic heterocycles. The van der Waals surface area contributed by atoms with E-state index in [1.54, 1.807) is 20.8 Å². The molecule has 0 aromatic rings. The fourth-order valence-corrected chi connectivity index (χ4v) is 0.748. The Kier molecular flexibility index (Phi) is 4.61. The van der Waals surface area contributed by atoms with Crippen molar-refractivity contribution in [2.24, 2.45) is 5.90 Å². The Morgan fingerprint density at radius 1 is 1.58 bits per heavy atom. The first-order valence-electron chi connectivity index (χ1n) is 3.59. The lowest BCUT2D eigenvalue weighted by atomic mass is 10.3. The molecule has 0 saturated carbocycles. The van der Waals surface area contributed by atoms with Gasteiger partial charge in [0.25, 0.3) is 0 Å². The van der Waals surface area contributed by atoms with Crippen molar-refractivity contribution >= 4 is 0 Å². The summed E-state index contributed by atoms with van der Waals surface area (Å²) in [7, 11) is 1.29. The topological polar surface area (TPSA) is 82.8 Å². The van der Waals surface area contributed by atoms with Crippen molar-refractivity contribution in [3.05, 3.63) is 5.21 Å². The highest BCUT2D eigenvalue weighted by Crippen LogP contribution is 2.04. The maximum atomic E-state index is 10.8. The number of hydrogen-bond donors (Lipinski definition) is 2. The Morgan fingerprint density at radius 2 is 2.08 bits per heavy atom. The second kappa shape index (κ2) is 4.70. The van der Waals surface area contributed by atoms with Crippen LogP contribution in [0.25, 0.3) is 0 Å². The standard InChI is InChI=1S/C6H16N3O3/c1-5(9(10)11-4)8-6(2,3)12-7/h5,8H,7H2,1-4H3/q-1. The van der Waals surface area contributed by atoms with Crippen molar-refractivity contribution in [2.75, 3.05) is 7.11 Å². The van der Waals surface area contributed by atoms with Gasteiger partial charge < -0.3 is 10.0 Å². The zero-order valence-corrected chi connectivity index (χ0v) is 7.83. The normalized spacial score (nSPS) is 15.2. The average Bonchev–Trinajstić information content (AvgIpc) is 2.02. The van der Waals surface area contributed by atoms with Crippen molar-refractivity contribution in [3.63, 3.8) is 0 Å². The molecule has 74 valence electrons. The molecule has 0 rings (SSSR count). The molecule has 0 bridgehead atoms. The second-order valence-electron chi connectivity index (χ2n) is 2.92. The smallest absolute Gasteiger partial charge is 0.135 e. The molecule has 0 amide bonds. The predicted octanol–water partition coefficient (Wildman–Crippen LogP) is -0.0904. The molecule has 0 fully saturated rings. The summed E-state index contributed by atoms with van der Waals surface area (Å²) < 4.78 is 0. The summed E-state index contributed by atoms with van der Waals surface area (Å²) in [6.07, 6.45) is -0.520. The van der Waals surface area contributed by atoms with Crippen LogP contribution in [0.3, 0.4) is 0 Å². The third-order valence-electron chi connectivity index (χ3n) is 1.35. The highest BCUT2D eigenvalue weighted by Gasteiger charge is 2.20. The van der Waals surface area contributed by atoms with Crippen molar-refractivity contribution in [1.82, 2.24) is 10.5 Å². The van der Waals surface area contributed by atoms with Crippen LogP contribution >= 0.6 is 0 Å². The lowest BCUT2D eigenvalue weighted by molar-refractivity contribution is -0.152. The Hall–Kier alpha value is -0.240. The maximum absolute atomic E-state index is 10.8. The van der Waals surface area contributed by atoms with Crippen LogP contribution in [0.4, 0.5) is 0 Å². The van der Waals surface area contributed by atoms with Crippen LogP contribution < -0.4 is 11.2 Å². The van der Waals surface area contributed by atoms with E-state index in [9.17, 15) is 5.21 Å². The average molecular weight is 178 g/mol. The molecule has 1 unspecified atom stereocenters. The van der Waals surface area contributed by atoms with E-state index in [-0.39, 0.29) is 0 Å². The SMILES string of the molecule is CON([O-])C(C)NC(C)(C)ON. The fourth-order valence-electron chi connectivity index (χ4n) is 0.748. The Morgan fingerprint density at radius 3 is 2.42 bits per heavy atom. The summed E-state index contributed by atoms with van der Waals surface area (Å²) in [5, 5.41) is 14.1. The van der Waals surface area contributed by atoms with Crippen LogP contribution in [0.15, 0.2) is 0 Å².